The van der Waals surface area contributed by atoms with Crippen molar-refractivity contribution in [3.05, 3.63) is 0 Å². The largest absolute Gasteiger partial charge is 0.480 e. The molecular weight excluding hydrogens is 256 g/mol. The summed E-state index contributed by atoms with van der Waals surface area (Å²) in [6.07, 6.45) is 4.16. The van der Waals surface area contributed by atoms with Gasteiger partial charge in [0.2, 0.25) is 0 Å². The van der Waals surface area contributed by atoms with Crippen molar-refractivity contribution < 1.29 is 14.7 Å². The number of hydrogen-bond acceptors (Lipinski definition) is 2. The van der Waals surface area contributed by atoms with Gasteiger partial charge in [0.1, 0.15) is 6.04 Å². The van der Waals surface area contributed by atoms with E-state index in [1.54, 1.807) is 25.8 Å². The number of amides is 2. The highest BCUT2D eigenvalue weighted by Gasteiger charge is 2.32. The van der Waals surface area contributed by atoms with E-state index in [2.05, 4.69) is 19.2 Å². The number of carboxylic acids is 1. The molecule has 2 N–H and O–H groups in total. The van der Waals surface area contributed by atoms with Crippen LogP contribution >= 0.6 is 0 Å². The van der Waals surface area contributed by atoms with Gasteiger partial charge in [0.15, 0.2) is 0 Å². The topological polar surface area (TPSA) is 69.6 Å². The van der Waals surface area contributed by atoms with Gasteiger partial charge in [-0.2, -0.15) is 0 Å². The molecule has 1 unspecified atom stereocenters. The fraction of sp³-hybridized carbons (Fsp3) is 0.867. The lowest BCUT2D eigenvalue weighted by atomic mass is 9.75. The standard InChI is InChI=1S/C15H28N2O3/c1-10(2)12(13(18)19)16-14(20)17(5)11-6-8-15(3,4)9-7-11/h10-12H,6-9H2,1-5H3,(H,16,20)(H,18,19). The van der Waals surface area contributed by atoms with Crippen molar-refractivity contribution in [2.75, 3.05) is 7.05 Å². The third-order valence-corrected chi connectivity index (χ3v) is 4.39. The van der Waals surface area contributed by atoms with Crippen LogP contribution in [-0.2, 0) is 4.79 Å². The predicted octanol–water partition coefficient (Wildman–Crippen LogP) is 2.71. The Labute approximate surface area is 121 Å². The summed E-state index contributed by atoms with van der Waals surface area (Å²) >= 11 is 0. The molecule has 1 aliphatic rings. The zero-order valence-electron chi connectivity index (χ0n) is 13.3. The SMILES string of the molecule is CC(C)C(NC(=O)N(C)C1CCC(C)(C)CC1)C(=O)O. The van der Waals surface area contributed by atoms with Gasteiger partial charge in [-0.1, -0.05) is 27.7 Å². The van der Waals surface area contributed by atoms with Gasteiger partial charge in [0.05, 0.1) is 0 Å². The molecule has 5 heteroatoms. The van der Waals surface area contributed by atoms with Gasteiger partial charge in [0, 0.05) is 13.1 Å². The lowest BCUT2D eigenvalue weighted by molar-refractivity contribution is -0.140. The smallest absolute Gasteiger partial charge is 0.326 e. The van der Waals surface area contributed by atoms with Crippen LogP contribution in [0.25, 0.3) is 0 Å². The molecule has 2 amide bonds. The normalized spacial score (nSPS) is 20.5. The minimum absolute atomic E-state index is 0.130. The van der Waals surface area contributed by atoms with Gasteiger partial charge < -0.3 is 15.3 Å². The van der Waals surface area contributed by atoms with Crippen molar-refractivity contribution >= 4 is 12.0 Å². The second-order valence-electron chi connectivity index (χ2n) is 7.02. The maximum absolute atomic E-state index is 12.2. The molecule has 1 rings (SSSR count). The first kappa shape index (κ1) is 16.8. The molecule has 1 aliphatic carbocycles. The van der Waals surface area contributed by atoms with Gasteiger partial charge in [-0.25, -0.2) is 9.59 Å². The molecule has 0 saturated heterocycles. The number of carboxylic acid groups (broad SMARTS) is 1. The van der Waals surface area contributed by atoms with E-state index in [0.29, 0.717) is 5.41 Å². The second-order valence-corrected chi connectivity index (χ2v) is 7.02. The van der Waals surface area contributed by atoms with Gasteiger partial charge in [-0.15, -0.1) is 0 Å². The van der Waals surface area contributed by atoms with Gasteiger partial charge >= 0.3 is 12.0 Å². The number of urea groups is 1. The van der Waals surface area contributed by atoms with Crippen LogP contribution in [0.3, 0.4) is 0 Å². The van der Waals surface area contributed by atoms with Crippen LogP contribution in [0.2, 0.25) is 0 Å². The minimum atomic E-state index is -0.980. The molecule has 5 nitrogen and oxygen atoms in total. The molecule has 0 heterocycles. The Morgan fingerprint density at radius 1 is 1.25 bits per heavy atom. The second kappa shape index (κ2) is 6.46. The van der Waals surface area contributed by atoms with E-state index in [0.717, 1.165) is 25.7 Å². The molecule has 0 aromatic rings. The summed E-state index contributed by atoms with van der Waals surface area (Å²) in [5, 5.41) is 11.7. The Morgan fingerprint density at radius 3 is 2.15 bits per heavy atom. The number of hydrogen-bond donors (Lipinski definition) is 2. The average molecular weight is 284 g/mol. The third-order valence-electron chi connectivity index (χ3n) is 4.39. The maximum Gasteiger partial charge on any atom is 0.326 e. The van der Waals surface area contributed by atoms with Crippen LogP contribution in [0.5, 0.6) is 0 Å². The van der Waals surface area contributed by atoms with E-state index in [1.165, 1.54) is 0 Å². The Kier molecular flexibility index (Phi) is 5.42. The molecule has 0 radical (unpaired) electrons. The summed E-state index contributed by atoms with van der Waals surface area (Å²) in [5.74, 6) is -1.11. The summed E-state index contributed by atoms with van der Waals surface area (Å²) in [6, 6.07) is -0.898. The molecule has 1 atom stereocenters. The van der Waals surface area contributed by atoms with E-state index >= 15 is 0 Å². The summed E-state index contributed by atoms with van der Waals surface area (Å²) in [4.78, 5) is 25.0. The van der Waals surface area contributed by atoms with Gasteiger partial charge in [0.25, 0.3) is 0 Å². The summed E-state index contributed by atoms with van der Waals surface area (Å²) < 4.78 is 0. The van der Waals surface area contributed by atoms with Crippen LogP contribution in [0.1, 0.15) is 53.4 Å². The third kappa shape index (κ3) is 4.39. The predicted molar refractivity (Wildman–Crippen MR) is 78.6 cm³/mol. The molecule has 116 valence electrons. The number of aliphatic carboxylic acids is 1. The van der Waals surface area contributed by atoms with E-state index in [4.69, 9.17) is 5.11 Å². The van der Waals surface area contributed by atoms with E-state index < -0.39 is 12.0 Å². The lowest BCUT2D eigenvalue weighted by Gasteiger charge is -2.39. The quantitative estimate of drug-likeness (QED) is 0.834. The number of rotatable bonds is 4. The van der Waals surface area contributed by atoms with Crippen LogP contribution < -0.4 is 5.32 Å². The molecule has 0 spiro atoms. The maximum atomic E-state index is 12.2. The number of carbonyl (C=O) groups excluding carboxylic acids is 1. The van der Waals surface area contributed by atoms with Gasteiger partial charge in [-0.3, -0.25) is 0 Å². The molecular formula is C15H28N2O3. The molecule has 20 heavy (non-hydrogen) atoms. The van der Waals surface area contributed by atoms with Crippen molar-refractivity contribution in [1.82, 2.24) is 10.2 Å². The van der Waals surface area contributed by atoms with Crippen molar-refractivity contribution in [3.8, 4) is 0 Å². The molecule has 1 fully saturated rings. The first-order chi connectivity index (χ1) is 9.14. The lowest BCUT2D eigenvalue weighted by Crippen LogP contribution is -2.52. The number of nitrogens with zero attached hydrogens (tertiary/aromatic N) is 1. The van der Waals surface area contributed by atoms with E-state index in [9.17, 15) is 9.59 Å². The summed E-state index contributed by atoms with van der Waals surface area (Å²) in [5.41, 5.74) is 0.356. The molecule has 1 saturated carbocycles. The first-order valence-corrected chi connectivity index (χ1v) is 7.40. The fourth-order valence-corrected chi connectivity index (χ4v) is 2.69. The Hall–Kier alpha value is -1.26. The van der Waals surface area contributed by atoms with E-state index in [1.807, 2.05) is 0 Å². The van der Waals surface area contributed by atoms with Crippen molar-refractivity contribution in [1.29, 1.82) is 0 Å². The molecule has 0 aromatic heterocycles. The Morgan fingerprint density at radius 2 is 1.75 bits per heavy atom. The Bertz CT molecular complexity index is 356. The van der Waals surface area contributed by atoms with Crippen LogP contribution in [-0.4, -0.2) is 41.1 Å². The number of nitrogens with one attached hydrogen (secondary N) is 1. The zero-order chi connectivity index (χ0) is 15.5. The summed E-state index contributed by atoms with van der Waals surface area (Å²) in [7, 11) is 1.76. The average Bonchev–Trinajstić information content (AvgIpc) is 2.34. The van der Waals surface area contributed by atoms with Gasteiger partial charge in [-0.05, 0) is 37.0 Å². The van der Waals surface area contributed by atoms with Crippen molar-refractivity contribution in [2.24, 2.45) is 11.3 Å². The fourth-order valence-electron chi connectivity index (χ4n) is 2.69. The van der Waals surface area contributed by atoms with Crippen LogP contribution in [0.4, 0.5) is 4.79 Å². The Balaban J connectivity index is 2.57. The van der Waals surface area contributed by atoms with Crippen molar-refractivity contribution in [3.63, 3.8) is 0 Å². The van der Waals surface area contributed by atoms with Crippen molar-refractivity contribution in [2.45, 2.75) is 65.5 Å². The highest BCUT2D eigenvalue weighted by Crippen LogP contribution is 2.36. The van der Waals surface area contributed by atoms with Crippen LogP contribution in [0, 0.1) is 11.3 Å². The highest BCUT2D eigenvalue weighted by atomic mass is 16.4. The monoisotopic (exact) mass is 284 g/mol. The number of carbonyl (C=O) groups is 2. The summed E-state index contributed by atoms with van der Waals surface area (Å²) in [6.45, 7) is 8.09. The van der Waals surface area contributed by atoms with E-state index in [-0.39, 0.29) is 18.0 Å². The molecule has 0 bridgehead atoms. The molecule has 0 aliphatic heterocycles. The highest BCUT2D eigenvalue weighted by molar-refractivity contribution is 5.82. The first-order valence-electron chi connectivity index (χ1n) is 7.40. The molecule has 0 aromatic carbocycles. The minimum Gasteiger partial charge on any atom is -0.480 e. The zero-order valence-corrected chi connectivity index (χ0v) is 13.3. The van der Waals surface area contributed by atoms with Crippen LogP contribution in [0.15, 0.2) is 0 Å².